The first-order chi connectivity index (χ1) is 6.84. The molecule has 3 N–H and O–H groups in total. The van der Waals surface area contributed by atoms with Crippen LogP contribution in [-0.4, -0.2) is 39.7 Å². The fraction of sp³-hybridized carbons (Fsp3) is 0.778. The summed E-state index contributed by atoms with van der Waals surface area (Å²) in [5.41, 5.74) is 5.55. The standard InChI is InChI=1S/C9H15NO4S/c1-9(2,6(10)7(11)12)15-5-3-4-14-8(5)13/h5-6H,3-4,10H2,1-2H3,(H,11,12)/t5?,6-/m1/s1. The number of cyclic esters (lactones) is 1. The minimum atomic E-state index is -1.06. The molecule has 0 aromatic rings. The lowest BCUT2D eigenvalue weighted by Crippen LogP contribution is -2.47. The van der Waals surface area contributed by atoms with E-state index in [0.29, 0.717) is 13.0 Å². The minimum Gasteiger partial charge on any atom is -0.480 e. The molecule has 5 nitrogen and oxygen atoms in total. The van der Waals surface area contributed by atoms with Crippen LogP contribution in [0.15, 0.2) is 0 Å². The maximum atomic E-state index is 11.2. The number of carbonyl (C=O) groups is 2. The Labute approximate surface area is 92.3 Å². The number of hydrogen-bond donors (Lipinski definition) is 2. The largest absolute Gasteiger partial charge is 0.480 e. The SMILES string of the molecule is CC(C)(SC1CCOC1=O)[C@H](N)C(=O)O. The van der Waals surface area contributed by atoms with Gasteiger partial charge in [0.2, 0.25) is 0 Å². The topological polar surface area (TPSA) is 89.6 Å². The smallest absolute Gasteiger partial charge is 0.321 e. The molecule has 1 fully saturated rings. The lowest BCUT2D eigenvalue weighted by Gasteiger charge is -2.29. The van der Waals surface area contributed by atoms with E-state index >= 15 is 0 Å². The zero-order chi connectivity index (χ0) is 11.6. The third kappa shape index (κ3) is 2.85. The average Bonchev–Trinajstić information content (AvgIpc) is 2.50. The van der Waals surface area contributed by atoms with Crippen molar-refractivity contribution >= 4 is 23.7 Å². The summed E-state index contributed by atoms with van der Waals surface area (Å²) in [5.74, 6) is -1.33. The Morgan fingerprint density at radius 3 is 2.73 bits per heavy atom. The van der Waals surface area contributed by atoms with Gasteiger partial charge in [0.25, 0.3) is 0 Å². The summed E-state index contributed by atoms with van der Waals surface area (Å²) < 4.78 is 4.12. The van der Waals surface area contributed by atoms with E-state index in [0.717, 1.165) is 0 Å². The molecular weight excluding hydrogens is 218 g/mol. The summed E-state index contributed by atoms with van der Waals surface area (Å²) in [7, 11) is 0. The highest BCUT2D eigenvalue weighted by Gasteiger charge is 2.39. The van der Waals surface area contributed by atoms with E-state index in [2.05, 4.69) is 0 Å². The first kappa shape index (κ1) is 12.3. The molecule has 0 aromatic carbocycles. The Morgan fingerprint density at radius 1 is 1.73 bits per heavy atom. The lowest BCUT2D eigenvalue weighted by molar-refractivity contribution is -0.139. The number of carbonyl (C=O) groups excluding carboxylic acids is 1. The summed E-state index contributed by atoms with van der Waals surface area (Å²) in [6.45, 7) is 3.86. The quantitative estimate of drug-likeness (QED) is 0.675. The van der Waals surface area contributed by atoms with Crippen molar-refractivity contribution in [3.63, 3.8) is 0 Å². The molecule has 0 aliphatic carbocycles. The number of nitrogens with two attached hydrogens (primary N) is 1. The number of rotatable bonds is 4. The Balaban J connectivity index is 2.62. The van der Waals surface area contributed by atoms with Crippen molar-refractivity contribution in [3.05, 3.63) is 0 Å². The number of esters is 1. The minimum absolute atomic E-state index is 0.273. The Morgan fingerprint density at radius 2 is 2.33 bits per heavy atom. The molecule has 0 aromatic heterocycles. The van der Waals surface area contributed by atoms with Crippen LogP contribution in [0.1, 0.15) is 20.3 Å². The molecule has 15 heavy (non-hydrogen) atoms. The van der Waals surface area contributed by atoms with Gasteiger partial charge in [0.1, 0.15) is 11.3 Å². The highest BCUT2D eigenvalue weighted by molar-refractivity contribution is 8.02. The fourth-order valence-electron chi connectivity index (χ4n) is 1.32. The van der Waals surface area contributed by atoms with Gasteiger partial charge < -0.3 is 15.6 Å². The molecule has 1 unspecified atom stereocenters. The van der Waals surface area contributed by atoms with Gasteiger partial charge in [-0.05, 0) is 13.8 Å². The second-order valence-corrected chi connectivity index (χ2v) is 5.84. The molecule has 0 saturated carbocycles. The summed E-state index contributed by atoms with van der Waals surface area (Å²) >= 11 is 1.27. The molecule has 0 radical (unpaired) electrons. The summed E-state index contributed by atoms with van der Waals surface area (Å²) in [6, 6.07) is -0.990. The van der Waals surface area contributed by atoms with Crippen molar-refractivity contribution in [2.75, 3.05) is 6.61 Å². The van der Waals surface area contributed by atoms with Gasteiger partial charge in [-0.15, -0.1) is 11.8 Å². The zero-order valence-electron chi connectivity index (χ0n) is 8.73. The van der Waals surface area contributed by atoms with Crippen molar-refractivity contribution < 1.29 is 19.4 Å². The molecule has 1 heterocycles. The summed E-state index contributed by atoms with van der Waals surface area (Å²) in [4.78, 5) is 22.0. The zero-order valence-corrected chi connectivity index (χ0v) is 9.54. The van der Waals surface area contributed by atoms with E-state index < -0.39 is 16.8 Å². The van der Waals surface area contributed by atoms with Crippen LogP contribution in [0.5, 0.6) is 0 Å². The van der Waals surface area contributed by atoms with Crippen molar-refractivity contribution in [3.8, 4) is 0 Å². The normalized spacial score (nSPS) is 23.7. The van der Waals surface area contributed by atoms with Crippen LogP contribution >= 0.6 is 11.8 Å². The van der Waals surface area contributed by atoms with Gasteiger partial charge in [0.15, 0.2) is 0 Å². The molecule has 0 bridgehead atoms. The van der Waals surface area contributed by atoms with E-state index in [-0.39, 0.29) is 11.2 Å². The maximum Gasteiger partial charge on any atom is 0.321 e. The first-order valence-corrected chi connectivity index (χ1v) is 5.55. The van der Waals surface area contributed by atoms with E-state index in [4.69, 9.17) is 15.6 Å². The third-order valence-corrected chi connectivity index (χ3v) is 3.92. The number of ether oxygens (including phenoxy) is 1. The average molecular weight is 233 g/mol. The van der Waals surface area contributed by atoms with Gasteiger partial charge >= 0.3 is 11.9 Å². The van der Waals surface area contributed by atoms with Crippen LogP contribution in [0.3, 0.4) is 0 Å². The molecule has 1 rings (SSSR count). The fourth-order valence-corrected chi connectivity index (χ4v) is 2.68. The number of carboxylic acid groups (broad SMARTS) is 1. The van der Waals surface area contributed by atoms with Crippen molar-refractivity contribution in [2.24, 2.45) is 5.73 Å². The van der Waals surface area contributed by atoms with Crippen LogP contribution in [0, 0.1) is 0 Å². The van der Waals surface area contributed by atoms with E-state index in [1.54, 1.807) is 13.8 Å². The highest BCUT2D eigenvalue weighted by atomic mass is 32.2. The molecule has 0 amide bonds. The highest BCUT2D eigenvalue weighted by Crippen LogP contribution is 2.35. The van der Waals surface area contributed by atoms with Crippen LogP contribution in [0.2, 0.25) is 0 Å². The predicted molar refractivity (Wildman–Crippen MR) is 56.6 cm³/mol. The van der Waals surface area contributed by atoms with Gasteiger partial charge in [0, 0.05) is 11.2 Å². The Kier molecular flexibility index (Phi) is 3.62. The molecule has 86 valence electrons. The molecule has 6 heteroatoms. The molecule has 2 atom stereocenters. The van der Waals surface area contributed by atoms with Gasteiger partial charge in [-0.2, -0.15) is 0 Å². The molecular formula is C9H15NO4S. The maximum absolute atomic E-state index is 11.2. The van der Waals surface area contributed by atoms with Gasteiger partial charge in [-0.3, -0.25) is 9.59 Å². The van der Waals surface area contributed by atoms with Gasteiger partial charge in [-0.1, -0.05) is 0 Å². The molecule has 0 spiro atoms. The summed E-state index contributed by atoms with van der Waals surface area (Å²) in [6.07, 6.45) is 0.624. The van der Waals surface area contributed by atoms with Crippen molar-refractivity contribution in [1.29, 1.82) is 0 Å². The molecule has 1 saturated heterocycles. The van der Waals surface area contributed by atoms with E-state index in [9.17, 15) is 9.59 Å². The van der Waals surface area contributed by atoms with E-state index in [1.165, 1.54) is 11.8 Å². The van der Waals surface area contributed by atoms with Gasteiger partial charge in [0.05, 0.1) is 6.61 Å². The number of thioether (sulfide) groups is 1. The third-order valence-electron chi connectivity index (χ3n) is 2.35. The van der Waals surface area contributed by atoms with Crippen LogP contribution < -0.4 is 5.73 Å². The van der Waals surface area contributed by atoms with Crippen LogP contribution in [-0.2, 0) is 14.3 Å². The lowest BCUT2D eigenvalue weighted by atomic mass is 10.1. The summed E-state index contributed by atoms with van der Waals surface area (Å²) in [5, 5.41) is 8.52. The molecule has 1 aliphatic rings. The Bertz CT molecular complexity index is 279. The van der Waals surface area contributed by atoms with Crippen LogP contribution in [0.4, 0.5) is 0 Å². The Hall–Kier alpha value is -0.750. The second kappa shape index (κ2) is 4.40. The monoisotopic (exact) mass is 233 g/mol. The van der Waals surface area contributed by atoms with Gasteiger partial charge in [-0.25, -0.2) is 0 Å². The number of carboxylic acids is 1. The first-order valence-electron chi connectivity index (χ1n) is 4.67. The number of hydrogen-bond acceptors (Lipinski definition) is 5. The van der Waals surface area contributed by atoms with E-state index in [1.807, 2.05) is 0 Å². The molecule has 1 aliphatic heterocycles. The number of aliphatic carboxylic acids is 1. The van der Waals surface area contributed by atoms with Crippen molar-refractivity contribution in [1.82, 2.24) is 0 Å². The predicted octanol–water partition coefficient (Wildman–Crippen LogP) is 0.226. The van der Waals surface area contributed by atoms with Crippen molar-refractivity contribution in [2.45, 2.75) is 36.3 Å². The van der Waals surface area contributed by atoms with Crippen LogP contribution in [0.25, 0.3) is 0 Å². The second-order valence-electron chi connectivity index (χ2n) is 3.98.